The molecule has 0 spiro atoms. The van der Waals surface area contributed by atoms with Crippen LogP contribution in [0.5, 0.6) is 0 Å². The van der Waals surface area contributed by atoms with E-state index in [0.29, 0.717) is 10.5 Å². The minimum atomic E-state index is -0.760. The second-order valence-electron chi connectivity index (χ2n) is 4.74. The molecule has 2 aromatic carbocycles. The fourth-order valence-corrected chi connectivity index (χ4v) is 3.03. The number of H-pyrrole nitrogens is 1. The van der Waals surface area contributed by atoms with Crippen molar-refractivity contribution >= 4 is 23.4 Å². The van der Waals surface area contributed by atoms with Crippen LogP contribution in [0, 0.1) is 10.1 Å². The third-order valence-corrected chi connectivity index (χ3v) is 4.25. The monoisotopic (exact) mass is 341 g/mol. The van der Waals surface area contributed by atoms with E-state index in [1.807, 2.05) is 30.3 Å². The summed E-state index contributed by atoms with van der Waals surface area (Å²) in [6, 6.07) is 13.9. The van der Waals surface area contributed by atoms with Gasteiger partial charge in [0.15, 0.2) is 5.69 Å². The Kier molecular flexibility index (Phi) is 4.25. The van der Waals surface area contributed by atoms with E-state index >= 15 is 0 Å². The molecule has 1 amide bonds. The number of nitro benzene ring substituents is 1. The summed E-state index contributed by atoms with van der Waals surface area (Å²) < 4.78 is 0. The van der Waals surface area contributed by atoms with E-state index in [-0.39, 0.29) is 17.1 Å². The van der Waals surface area contributed by atoms with Crippen molar-refractivity contribution in [2.75, 3.05) is 0 Å². The van der Waals surface area contributed by atoms with Gasteiger partial charge in [0.1, 0.15) is 5.69 Å². The summed E-state index contributed by atoms with van der Waals surface area (Å²) in [7, 11) is 0. The summed E-state index contributed by atoms with van der Waals surface area (Å²) in [5, 5.41) is 21.2. The number of hydrogen-bond donors (Lipinski definition) is 2. The van der Waals surface area contributed by atoms with Crippen molar-refractivity contribution < 1.29 is 9.72 Å². The molecule has 0 unspecified atom stereocenters. The summed E-state index contributed by atoms with van der Waals surface area (Å²) >= 11 is 1.28. The summed E-state index contributed by atoms with van der Waals surface area (Å²) in [6.07, 6.45) is 0. The van der Waals surface area contributed by atoms with Crippen LogP contribution in [-0.4, -0.2) is 26.2 Å². The van der Waals surface area contributed by atoms with Crippen LogP contribution in [0.1, 0.15) is 10.5 Å². The lowest BCUT2D eigenvalue weighted by Gasteiger charge is -2.05. The van der Waals surface area contributed by atoms with E-state index in [2.05, 4.69) is 15.4 Å². The predicted octanol–water partition coefficient (Wildman–Crippen LogP) is 2.63. The molecule has 3 N–H and O–H groups in total. The predicted molar refractivity (Wildman–Crippen MR) is 87.6 cm³/mol. The maximum absolute atomic E-state index is 11.4. The summed E-state index contributed by atoms with van der Waals surface area (Å²) in [6.45, 7) is 0. The normalized spacial score (nSPS) is 10.5. The first-order chi connectivity index (χ1) is 11.6. The molecule has 120 valence electrons. The fraction of sp³-hybridized carbons (Fsp3) is 0. The average Bonchev–Trinajstić information content (AvgIpc) is 3.06. The van der Waals surface area contributed by atoms with Gasteiger partial charge in [0.05, 0.1) is 9.82 Å². The van der Waals surface area contributed by atoms with Gasteiger partial charge in [-0.3, -0.25) is 14.9 Å². The average molecular weight is 341 g/mol. The molecule has 3 aromatic rings. The molecule has 0 aliphatic carbocycles. The number of nitro groups is 1. The zero-order chi connectivity index (χ0) is 17.1. The number of nitrogens with two attached hydrogens (primary N) is 1. The van der Waals surface area contributed by atoms with Crippen LogP contribution in [0.4, 0.5) is 5.69 Å². The molecule has 0 radical (unpaired) electrons. The van der Waals surface area contributed by atoms with Crippen molar-refractivity contribution in [3.63, 3.8) is 0 Å². The number of rotatable bonds is 5. The molecule has 1 aromatic heterocycles. The molecule has 0 aliphatic rings. The number of aromatic nitrogens is 3. The maximum atomic E-state index is 11.4. The number of amides is 1. The van der Waals surface area contributed by atoms with Crippen LogP contribution in [0.2, 0.25) is 0 Å². The first-order valence-electron chi connectivity index (χ1n) is 6.78. The number of carbonyl (C=O) groups is 1. The molecule has 0 aliphatic heterocycles. The number of nitrogens with zero attached hydrogens (tertiary/aromatic N) is 3. The second-order valence-corrected chi connectivity index (χ2v) is 5.86. The molecule has 0 saturated carbocycles. The molecule has 3 rings (SSSR count). The van der Waals surface area contributed by atoms with Gasteiger partial charge in [-0.1, -0.05) is 36.0 Å². The Morgan fingerprint density at radius 3 is 2.58 bits per heavy atom. The smallest absolute Gasteiger partial charge is 0.283 e. The van der Waals surface area contributed by atoms with Gasteiger partial charge in [-0.15, -0.1) is 0 Å². The van der Waals surface area contributed by atoms with E-state index in [4.69, 9.17) is 5.73 Å². The van der Waals surface area contributed by atoms with Gasteiger partial charge >= 0.3 is 0 Å². The number of carbonyl (C=O) groups excluding carboxylic acids is 1. The Hall–Kier alpha value is -3.20. The van der Waals surface area contributed by atoms with Gasteiger partial charge in [-0.25, -0.2) is 0 Å². The van der Waals surface area contributed by atoms with Crippen LogP contribution >= 0.6 is 11.8 Å². The fourth-order valence-electron chi connectivity index (χ4n) is 2.11. The Bertz CT molecular complexity index is 910. The van der Waals surface area contributed by atoms with Crippen LogP contribution < -0.4 is 5.73 Å². The van der Waals surface area contributed by atoms with E-state index < -0.39 is 10.8 Å². The molecule has 0 saturated heterocycles. The Balaban J connectivity index is 2.03. The van der Waals surface area contributed by atoms with Crippen molar-refractivity contribution in [1.82, 2.24) is 15.4 Å². The third-order valence-electron chi connectivity index (χ3n) is 3.18. The van der Waals surface area contributed by atoms with Crippen LogP contribution in [0.15, 0.2) is 58.3 Å². The van der Waals surface area contributed by atoms with Gasteiger partial charge in [-0.2, -0.15) is 15.4 Å². The highest BCUT2D eigenvalue weighted by Crippen LogP contribution is 2.37. The molecular formula is C15H11N5O3S. The number of primary amides is 1. The Morgan fingerprint density at radius 2 is 1.92 bits per heavy atom. The topological polar surface area (TPSA) is 128 Å². The molecule has 0 bridgehead atoms. The quantitative estimate of drug-likeness (QED) is 0.542. The molecule has 9 heteroatoms. The summed E-state index contributed by atoms with van der Waals surface area (Å²) in [5.41, 5.74) is 5.65. The second kappa shape index (κ2) is 6.50. The lowest BCUT2D eigenvalue weighted by Crippen LogP contribution is -2.12. The minimum absolute atomic E-state index is 0.0623. The standard InChI is InChI=1S/C15H11N5O3S/c16-15(21)14-13(17-19-18-14)9-6-7-12(11(8-9)20(22)23)24-10-4-2-1-3-5-10/h1-8H,(H2,16,21)(H,17,18,19). The summed E-state index contributed by atoms with van der Waals surface area (Å²) in [5.74, 6) is -0.760. The Labute approximate surface area is 140 Å². The lowest BCUT2D eigenvalue weighted by molar-refractivity contribution is -0.387. The largest absolute Gasteiger partial charge is 0.364 e. The SMILES string of the molecule is NC(=O)c1n[nH]nc1-c1ccc(Sc2ccccc2)c([N+](=O)[O-])c1. The highest BCUT2D eigenvalue weighted by Gasteiger charge is 2.21. The van der Waals surface area contributed by atoms with Crippen molar-refractivity contribution in [1.29, 1.82) is 0 Å². The molecule has 8 nitrogen and oxygen atoms in total. The minimum Gasteiger partial charge on any atom is -0.364 e. The number of benzene rings is 2. The van der Waals surface area contributed by atoms with Gasteiger partial charge in [0, 0.05) is 16.5 Å². The highest BCUT2D eigenvalue weighted by atomic mass is 32.2. The van der Waals surface area contributed by atoms with Crippen molar-refractivity contribution in [2.24, 2.45) is 5.73 Å². The van der Waals surface area contributed by atoms with E-state index in [0.717, 1.165) is 4.90 Å². The highest BCUT2D eigenvalue weighted by molar-refractivity contribution is 7.99. The van der Waals surface area contributed by atoms with Crippen LogP contribution in [0.3, 0.4) is 0 Å². The Morgan fingerprint density at radius 1 is 1.17 bits per heavy atom. The molecule has 0 fully saturated rings. The van der Waals surface area contributed by atoms with Crippen molar-refractivity contribution in [2.45, 2.75) is 9.79 Å². The van der Waals surface area contributed by atoms with Crippen molar-refractivity contribution in [3.05, 3.63) is 64.3 Å². The lowest BCUT2D eigenvalue weighted by atomic mass is 10.1. The van der Waals surface area contributed by atoms with E-state index in [1.165, 1.54) is 17.8 Å². The van der Waals surface area contributed by atoms with Crippen LogP contribution in [-0.2, 0) is 0 Å². The first-order valence-corrected chi connectivity index (χ1v) is 7.60. The first kappa shape index (κ1) is 15.7. The van der Waals surface area contributed by atoms with Gasteiger partial charge in [0.2, 0.25) is 0 Å². The van der Waals surface area contributed by atoms with E-state index in [9.17, 15) is 14.9 Å². The molecule has 24 heavy (non-hydrogen) atoms. The van der Waals surface area contributed by atoms with Gasteiger partial charge in [-0.05, 0) is 18.2 Å². The molecule has 0 atom stereocenters. The number of hydrogen-bond acceptors (Lipinski definition) is 6. The molecule has 1 heterocycles. The summed E-state index contributed by atoms with van der Waals surface area (Å²) in [4.78, 5) is 23.6. The van der Waals surface area contributed by atoms with Gasteiger partial charge in [0.25, 0.3) is 11.6 Å². The zero-order valence-electron chi connectivity index (χ0n) is 12.2. The van der Waals surface area contributed by atoms with Gasteiger partial charge < -0.3 is 5.73 Å². The zero-order valence-corrected chi connectivity index (χ0v) is 13.0. The van der Waals surface area contributed by atoms with Crippen LogP contribution in [0.25, 0.3) is 11.3 Å². The number of aromatic amines is 1. The van der Waals surface area contributed by atoms with E-state index in [1.54, 1.807) is 12.1 Å². The molecular weight excluding hydrogens is 330 g/mol. The van der Waals surface area contributed by atoms with Crippen molar-refractivity contribution in [3.8, 4) is 11.3 Å². The number of nitrogens with one attached hydrogen (secondary N) is 1. The maximum Gasteiger partial charge on any atom is 0.283 e. The third kappa shape index (κ3) is 3.10.